The highest BCUT2D eigenvalue weighted by molar-refractivity contribution is 7.57. The molecule has 0 fully saturated rings. The molecule has 0 aromatic heterocycles. The van der Waals surface area contributed by atoms with E-state index in [1.807, 2.05) is 0 Å². The summed E-state index contributed by atoms with van der Waals surface area (Å²) in [5.41, 5.74) is 0. The fourth-order valence-corrected chi connectivity index (χ4v) is 3.60. The summed E-state index contributed by atoms with van der Waals surface area (Å²) in [5.74, 6) is 0. The largest absolute Gasteiger partial charge is 0.107 e. The van der Waals surface area contributed by atoms with E-state index < -0.39 is 0 Å². The van der Waals surface area contributed by atoms with E-state index in [1.165, 1.54) is 19.3 Å². The monoisotopic (exact) mass is 171 g/mol. The van der Waals surface area contributed by atoms with Crippen molar-refractivity contribution in [1.82, 2.24) is 0 Å². The summed E-state index contributed by atoms with van der Waals surface area (Å²) < 4.78 is 0. The van der Waals surface area contributed by atoms with E-state index in [0.29, 0.717) is 5.16 Å². The lowest BCUT2D eigenvalue weighted by Crippen LogP contribution is -2.22. The van der Waals surface area contributed by atoms with Gasteiger partial charge < -0.3 is 0 Å². The SMILES string of the molecule is CCC(CC)(CC)P(C)C.[B]. The number of hydrogen-bond donors (Lipinski definition) is 0. The summed E-state index contributed by atoms with van der Waals surface area (Å²) in [7, 11) is 0.252. The molecule has 0 spiro atoms. The molecule has 0 aromatic carbocycles. The molecule has 0 aliphatic rings. The van der Waals surface area contributed by atoms with Crippen LogP contribution in [0, 0.1) is 0 Å². The van der Waals surface area contributed by atoms with E-state index in [4.69, 9.17) is 0 Å². The molecule has 0 rings (SSSR count). The molecular formula is C9H21BP. The normalized spacial score (nSPS) is 11.5. The minimum atomic E-state index is 0. The summed E-state index contributed by atoms with van der Waals surface area (Å²) in [5, 5.41) is 0.690. The predicted octanol–water partition coefficient (Wildman–Crippen LogP) is 3.32. The highest BCUT2D eigenvalue weighted by Crippen LogP contribution is 2.49. The zero-order valence-corrected chi connectivity index (χ0v) is 9.54. The van der Waals surface area contributed by atoms with Crippen molar-refractivity contribution < 1.29 is 0 Å². The van der Waals surface area contributed by atoms with Gasteiger partial charge in [-0.1, -0.05) is 20.8 Å². The molecule has 0 aliphatic heterocycles. The van der Waals surface area contributed by atoms with Crippen molar-refractivity contribution in [3.8, 4) is 0 Å². The summed E-state index contributed by atoms with van der Waals surface area (Å²) in [6.45, 7) is 11.8. The summed E-state index contributed by atoms with van der Waals surface area (Å²) >= 11 is 0. The van der Waals surface area contributed by atoms with Crippen LogP contribution in [0.25, 0.3) is 0 Å². The van der Waals surface area contributed by atoms with Crippen molar-refractivity contribution in [2.24, 2.45) is 0 Å². The van der Waals surface area contributed by atoms with E-state index >= 15 is 0 Å². The van der Waals surface area contributed by atoms with Crippen molar-refractivity contribution in [2.45, 2.75) is 45.2 Å². The second kappa shape index (κ2) is 6.06. The third-order valence-corrected chi connectivity index (χ3v) is 5.77. The maximum atomic E-state index is 2.41. The van der Waals surface area contributed by atoms with Crippen LogP contribution in [-0.4, -0.2) is 26.9 Å². The lowest BCUT2D eigenvalue weighted by atomic mass is 9.99. The smallest absolute Gasteiger partial charge is 0 e. The highest BCUT2D eigenvalue weighted by atomic mass is 31.1. The Kier molecular flexibility index (Phi) is 7.74. The Morgan fingerprint density at radius 3 is 1.18 bits per heavy atom. The first-order valence-electron chi connectivity index (χ1n) is 4.30. The third-order valence-electron chi connectivity index (χ3n) is 2.92. The Balaban J connectivity index is 0. The molecule has 65 valence electrons. The first-order valence-corrected chi connectivity index (χ1v) is 6.54. The Morgan fingerprint density at radius 1 is 0.909 bits per heavy atom. The quantitative estimate of drug-likeness (QED) is 0.449. The molecular weight excluding hydrogens is 150 g/mol. The fourth-order valence-electron chi connectivity index (χ4n) is 1.70. The molecule has 0 atom stereocenters. The van der Waals surface area contributed by atoms with Crippen LogP contribution in [0.3, 0.4) is 0 Å². The summed E-state index contributed by atoms with van der Waals surface area (Å²) in [6.07, 6.45) is 4.08. The molecule has 0 aromatic rings. The fraction of sp³-hybridized carbons (Fsp3) is 1.00. The minimum Gasteiger partial charge on any atom is -0.107 e. The average Bonchev–Trinajstić information content (AvgIpc) is 1.92. The van der Waals surface area contributed by atoms with Gasteiger partial charge in [0.05, 0.1) is 0 Å². The molecule has 0 saturated carbocycles. The molecule has 3 radical (unpaired) electrons. The Morgan fingerprint density at radius 2 is 1.18 bits per heavy atom. The van der Waals surface area contributed by atoms with Gasteiger partial charge in [0.2, 0.25) is 0 Å². The van der Waals surface area contributed by atoms with E-state index in [-0.39, 0.29) is 16.3 Å². The minimum absolute atomic E-state index is 0. The van der Waals surface area contributed by atoms with Gasteiger partial charge in [-0.15, -0.1) is 7.92 Å². The van der Waals surface area contributed by atoms with E-state index in [2.05, 4.69) is 34.1 Å². The first-order chi connectivity index (χ1) is 4.63. The van der Waals surface area contributed by atoms with Crippen LogP contribution in [0.2, 0.25) is 0 Å². The Hall–Kier alpha value is 0.495. The lowest BCUT2D eigenvalue weighted by Gasteiger charge is -2.35. The van der Waals surface area contributed by atoms with Gasteiger partial charge in [0.1, 0.15) is 0 Å². The van der Waals surface area contributed by atoms with Gasteiger partial charge >= 0.3 is 0 Å². The van der Waals surface area contributed by atoms with Gasteiger partial charge in [0, 0.05) is 8.41 Å². The molecule has 0 heterocycles. The van der Waals surface area contributed by atoms with E-state index in [1.54, 1.807) is 0 Å². The molecule has 0 N–H and O–H groups in total. The topological polar surface area (TPSA) is 0 Å². The van der Waals surface area contributed by atoms with Crippen molar-refractivity contribution in [3.63, 3.8) is 0 Å². The van der Waals surface area contributed by atoms with Crippen LogP contribution < -0.4 is 0 Å². The maximum Gasteiger partial charge on any atom is 0 e. The standard InChI is InChI=1S/C9H21P.B/c1-6-9(7-2,8-3)10(4)5;/h6-8H2,1-5H3;. The Bertz CT molecular complexity index is 79.3. The van der Waals surface area contributed by atoms with Gasteiger partial charge in [0.15, 0.2) is 0 Å². The summed E-state index contributed by atoms with van der Waals surface area (Å²) in [6, 6.07) is 0. The van der Waals surface area contributed by atoms with Gasteiger partial charge in [-0.2, -0.15) is 0 Å². The van der Waals surface area contributed by atoms with Gasteiger partial charge in [-0.25, -0.2) is 0 Å². The Labute approximate surface area is 75.5 Å². The van der Waals surface area contributed by atoms with Crippen LogP contribution in [0.15, 0.2) is 0 Å². The number of hydrogen-bond acceptors (Lipinski definition) is 0. The van der Waals surface area contributed by atoms with Gasteiger partial charge in [0.25, 0.3) is 0 Å². The zero-order chi connectivity index (χ0) is 8.20. The second-order valence-corrected chi connectivity index (χ2v) is 5.92. The highest BCUT2D eigenvalue weighted by Gasteiger charge is 2.26. The van der Waals surface area contributed by atoms with Crippen LogP contribution in [0.1, 0.15) is 40.0 Å². The average molecular weight is 171 g/mol. The molecule has 0 aliphatic carbocycles. The van der Waals surface area contributed by atoms with Crippen LogP contribution >= 0.6 is 7.92 Å². The molecule has 11 heavy (non-hydrogen) atoms. The van der Waals surface area contributed by atoms with Crippen LogP contribution in [0.5, 0.6) is 0 Å². The van der Waals surface area contributed by atoms with Crippen molar-refractivity contribution in [2.75, 3.05) is 13.3 Å². The first kappa shape index (κ1) is 14.0. The second-order valence-electron chi connectivity index (χ2n) is 3.18. The van der Waals surface area contributed by atoms with Gasteiger partial charge in [-0.3, -0.25) is 0 Å². The third kappa shape index (κ3) is 3.15. The van der Waals surface area contributed by atoms with E-state index in [0.717, 1.165) is 0 Å². The van der Waals surface area contributed by atoms with Crippen molar-refractivity contribution in [1.29, 1.82) is 0 Å². The molecule has 0 saturated heterocycles. The van der Waals surface area contributed by atoms with Gasteiger partial charge in [-0.05, 0) is 37.7 Å². The predicted molar refractivity (Wildman–Crippen MR) is 58.1 cm³/mol. The molecule has 0 bridgehead atoms. The summed E-state index contributed by atoms with van der Waals surface area (Å²) in [4.78, 5) is 0. The molecule has 0 unspecified atom stereocenters. The van der Waals surface area contributed by atoms with Crippen molar-refractivity contribution in [3.05, 3.63) is 0 Å². The number of rotatable bonds is 4. The molecule has 0 nitrogen and oxygen atoms in total. The van der Waals surface area contributed by atoms with Crippen molar-refractivity contribution >= 4 is 16.3 Å². The van der Waals surface area contributed by atoms with Crippen LogP contribution in [0.4, 0.5) is 0 Å². The zero-order valence-electron chi connectivity index (χ0n) is 8.65. The molecule has 0 amide bonds. The van der Waals surface area contributed by atoms with E-state index in [9.17, 15) is 0 Å². The van der Waals surface area contributed by atoms with Crippen LogP contribution in [-0.2, 0) is 0 Å². The molecule has 2 heteroatoms. The lowest BCUT2D eigenvalue weighted by molar-refractivity contribution is 0.521. The maximum absolute atomic E-state index is 2.41.